The van der Waals surface area contributed by atoms with E-state index in [9.17, 15) is 9.90 Å². The third-order valence-corrected chi connectivity index (χ3v) is 4.89. The quantitative estimate of drug-likeness (QED) is 0.736. The highest BCUT2D eigenvalue weighted by atomic mass is 32.1. The van der Waals surface area contributed by atoms with E-state index in [1.807, 2.05) is 4.90 Å². The van der Waals surface area contributed by atoms with Gasteiger partial charge in [0, 0.05) is 19.0 Å². The van der Waals surface area contributed by atoms with Gasteiger partial charge in [-0.3, -0.25) is 4.79 Å². The van der Waals surface area contributed by atoms with Gasteiger partial charge >= 0.3 is 0 Å². The molecule has 102 valence electrons. The largest absolute Gasteiger partial charge is 0.393 e. The number of carbonyl (C=O) groups excluding carboxylic acids is 1. The number of aliphatic hydroxyl groups is 1. The van der Waals surface area contributed by atoms with Crippen LogP contribution in [0.25, 0.3) is 0 Å². The molecule has 3 N–H and O–H groups in total. The third kappa shape index (κ3) is 2.52. The number of carbonyl (C=O) groups is 1. The van der Waals surface area contributed by atoms with Crippen LogP contribution in [0.15, 0.2) is 0 Å². The molecule has 2 aliphatic rings. The molecule has 0 spiro atoms. The van der Waals surface area contributed by atoms with Crippen LogP contribution in [0.1, 0.15) is 39.0 Å². The molecule has 0 bridgehead atoms. The van der Waals surface area contributed by atoms with Crippen molar-refractivity contribution in [1.82, 2.24) is 4.90 Å². The number of nitrogens with zero attached hydrogens (tertiary/aromatic N) is 1. The highest BCUT2D eigenvalue weighted by molar-refractivity contribution is 7.80. The smallest absolute Gasteiger partial charge is 0.232 e. The number of nitrogens with two attached hydrogens (primary N) is 1. The Morgan fingerprint density at radius 1 is 1.50 bits per heavy atom. The topological polar surface area (TPSA) is 66.6 Å². The summed E-state index contributed by atoms with van der Waals surface area (Å²) < 4.78 is 0. The molecule has 1 aliphatic heterocycles. The molecule has 3 atom stereocenters. The standard InChI is InChI=1S/C13H22N2O2S/c1-9(11(14)18)12(16)15-7-6-13(17)5-3-2-4-10(13)8-15/h9-10,17H,2-8H2,1H3,(H2,14,18). The number of fused-ring (bicyclic) bond motifs is 1. The Balaban J connectivity index is 2.02. The van der Waals surface area contributed by atoms with Gasteiger partial charge < -0.3 is 15.7 Å². The van der Waals surface area contributed by atoms with Crippen LogP contribution in [0.3, 0.4) is 0 Å². The summed E-state index contributed by atoms with van der Waals surface area (Å²) in [6.45, 7) is 3.04. The predicted molar refractivity (Wildman–Crippen MR) is 74.1 cm³/mol. The second-order valence-electron chi connectivity index (χ2n) is 5.70. The van der Waals surface area contributed by atoms with E-state index < -0.39 is 11.5 Å². The van der Waals surface area contributed by atoms with Crippen LogP contribution in [0.5, 0.6) is 0 Å². The maximum Gasteiger partial charge on any atom is 0.232 e. The van der Waals surface area contributed by atoms with Gasteiger partial charge in [0.1, 0.15) is 0 Å². The summed E-state index contributed by atoms with van der Waals surface area (Å²) >= 11 is 4.88. The van der Waals surface area contributed by atoms with E-state index >= 15 is 0 Å². The number of thiocarbonyl (C=S) groups is 1. The Bertz CT molecular complexity index is 361. The van der Waals surface area contributed by atoms with Crippen LogP contribution in [0, 0.1) is 11.8 Å². The Morgan fingerprint density at radius 2 is 2.22 bits per heavy atom. The monoisotopic (exact) mass is 270 g/mol. The lowest BCUT2D eigenvalue weighted by atomic mass is 9.71. The number of piperidine rings is 1. The molecule has 1 saturated heterocycles. The summed E-state index contributed by atoms with van der Waals surface area (Å²) in [6, 6.07) is 0. The molecule has 1 heterocycles. The molecule has 0 aromatic rings. The van der Waals surface area contributed by atoms with Crippen LogP contribution in [-0.4, -0.2) is 39.6 Å². The van der Waals surface area contributed by atoms with E-state index in [1.54, 1.807) is 6.92 Å². The zero-order chi connectivity index (χ0) is 13.3. The van der Waals surface area contributed by atoms with Crippen molar-refractivity contribution in [2.24, 2.45) is 17.6 Å². The van der Waals surface area contributed by atoms with E-state index in [2.05, 4.69) is 0 Å². The van der Waals surface area contributed by atoms with E-state index in [4.69, 9.17) is 18.0 Å². The molecule has 18 heavy (non-hydrogen) atoms. The van der Waals surface area contributed by atoms with Crippen molar-refractivity contribution in [1.29, 1.82) is 0 Å². The van der Waals surface area contributed by atoms with Gasteiger partial charge in [-0.1, -0.05) is 25.1 Å². The summed E-state index contributed by atoms with van der Waals surface area (Å²) in [4.78, 5) is 14.3. The molecule has 4 nitrogen and oxygen atoms in total. The highest BCUT2D eigenvalue weighted by Crippen LogP contribution is 2.39. The molecule has 3 unspecified atom stereocenters. The molecule has 2 rings (SSSR count). The Morgan fingerprint density at radius 3 is 2.89 bits per heavy atom. The van der Waals surface area contributed by atoms with Gasteiger partial charge in [0.05, 0.1) is 16.5 Å². The molecular weight excluding hydrogens is 248 g/mol. The zero-order valence-electron chi connectivity index (χ0n) is 10.9. The Kier molecular flexibility index (Phi) is 3.92. The van der Waals surface area contributed by atoms with Crippen molar-refractivity contribution < 1.29 is 9.90 Å². The van der Waals surface area contributed by atoms with E-state index in [0.29, 0.717) is 19.5 Å². The fraction of sp³-hybridized carbons (Fsp3) is 0.846. The van der Waals surface area contributed by atoms with Gasteiger partial charge in [0.2, 0.25) is 5.91 Å². The average molecular weight is 270 g/mol. The summed E-state index contributed by atoms with van der Waals surface area (Å²) in [5, 5.41) is 10.5. The molecule has 0 aromatic carbocycles. The second kappa shape index (κ2) is 5.13. The maximum absolute atomic E-state index is 12.2. The molecule has 1 aliphatic carbocycles. The SMILES string of the molecule is CC(C(=O)N1CCC2(O)CCCCC2C1)C(N)=S. The number of rotatable bonds is 2. The fourth-order valence-electron chi connectivity index (χ4n) is 3.17. The van der Waals surface area contributed by atoms with E-state index in [0.717, 1.165) is 25.7 Å². The van der Waals surface area contributed by atoms with Crippen molar-refractivity contribution >= 4 is 23.1 Å². The first-order chi connectivity index (χ1) is 8.44. The number of hydrogen-bond acceptors (Lipinski definition) is 3. The summed E-state index contributed by atoms with van der Waals surface area (Å²) in [6.07, 6.45) is 4.84. The minimum atomic E-state index is -0.540. The lowest BCUT2D eigenvalue weighted by molar-refractivity contribution is -0.144. The van der Waals surface area contributed by atoms with Gasteiger partial charge in [-0.05, 0) is 26.2 Å². The summed E-state index contributed by atoms with van der Waals surface area (Å²) in [7, 11) is 0. The second-order valence-corrected chi connectivity index (χ2v) is 6.18. The van der Waals surface area contributed by atoms with Crippen LogP contribution >= 0.6 is 12.2 Å². The lowest BCUT2D eigenvalue weighted by Gasteiger charge is -2.47. The number of likely N-dealkylation sites (tertiary alicyclic amines) is 1. The van der Waals surface area contributed by atoms with Gasteiger partial charge in [-0.2, -0.15) is 0 Å². The van der Waals surface area contributed by atoms with Gasteiger partial charge in [-0.15, -0.1) is 0 Å². The Labute approximate surface area is 114 Å². The van der Waals surface area contributed by atoms with Gasteiger partial charge in [-0.25, -0.2) is 0 Å². The molecule has 0 aromatic heterocycles. The summed E-state index contributed by atoms with van der Waals surface area (Å²) in [5.41, 5.74) is 5.00. The average Bonchev–Trinajstić information content (AvgIpc) is 2.35. The van der Waals surface area contributed by atoms with Crippen molar-refractivity contribution in [2.75, 3.05) is 13.1 Å². The van der Waals surface area contributed by atoms with Crippen LogP contribution in [-0.2, 0) is 4.79 Å². The first kappa shape index (κ1) is 13.7. The zero-order valence-corrected chi connectivity index (χ0v) is 11.7. The Hall–Kier alpha value is -0.680. The van der Waals surface area contributed by atoms with Crippen molar-refractivity contribution in [3.63, 3.8) is 0 Å². The molecule has 2 fully saturated rings. The summed E-state index contributed by atoms with van der Waals surface area (Å²) in [5.74, 6) is -0.160. The van der Waals surface area contributed by atoms with Gasteiger partial charge in [0.15, 0.2) is 0 Å². The minimum absolute atomic E-state index is 0.00937. The highest BCUT2D eigenvalue weighted by Gasteiger charge is 2.44. The van der Waals surface area contributed by atoms with E-state index in [1.165, 1.54) is 0 Å². The maximum atomic E-state index is 12.2. The molecule has 0 radical (unpaired) electrons. The lowest BCUT2D eigenvalue weighted by Crippen LogP contribution is -2.56. The first-order valence-corrected chi connectivity index (χ1v) is 7.15. The van der Waals surface area contributed by atoms with Crippen LogP contribution in [0.4, 0.5) is 0 Å². The molecule has 1 amide bonds. The fourth-order valence-corrected chi connectivity index (χ4v) is 3.27. The van der Waals surface area contributed by atoms with Crippen molar-refractivity contribution in [3.05, 3.63) is 0 Å². The first-order valence-electron chi connectivity index (χ1n) is 6.74. The van der Waals surface area contributed by atoms with Crippen molar-refractivity contribution in [3.8, 4) is 0 Å². The minimum Gasteiger partial charge on any atom is -0.393 e. The molecular formula is C13H22N2O2S. The van der Waals surface area contributed by atoms with Crippen LogP contribution < -0.4 is 5.73 Å². The van der Waals surface area contributed by atoms with Gasteiger partial charge in [0.25, 0.3) is 0 Å². The van der Waals surface area contributed by atoms with Crippen molar-refractivity contribution in [2.45, 2.75) is 44.6 Å². The molecule has 1 saturated carbocycles. The normalized spacial score (nSPS) is 33.7. The van der Waals surface area contributed by atoms with Crippen LogP contribution in [0.2, 0.25) is 0 Å². The number of hydrogen-bond donors (Lipinski definition) is 2. The van der Waals surface area contributed by atoms with E-state index in [-0.39, 0.29) is 16.8 Å². The third-order valence-electron chi connectivity index (χ3n) is 4.54. The predicted octanol–water partition coefficient (Wildman–Crippen LogP) is 1.06. The molecule has 5 heteroatoms. The number of amides is 1.